The van der Waals surface area contributed by atoms with E-state index in [9.17, 15) is 13.5 Å². The number of sulfonamides is 1. The summed E-state index contributed by atoms with van der Waals surface area (Å²) in [7, 11) is -3.55. The fourth-order valence-corrected chi connectivity index (χ4v) is 5.20. The quantitative estimate of drug-likeness (QED) is 0.331. The van der Waals surface area contributed by atoms with Gasteiger partial charge in [0, 0.05) is 24.8 Å². The van der Waals surface area contributed by atoms with Gasteiger partial charge in [0.25, 0.3) is 0 Å². The van der Waals surface area contributed by atoms with E-state index in [4.69, 9.17) is 4.98 Å². The van der Waals surface area contributed by atoms with Crippen LogP contribution in [0.25, 0.3) is 11.2 Å². The van der Waals surface area contributed by atoms with Crippen molar-refractivity contribution in [2.75, 3.05) is 17.2 Å². The van der Waals surface area contributed by atoms with Crippen LogP contribution in [0, 0.1) is 5.92 Å². The average molecular weight is 502 g/mol. The predicted octanol–water partition coefficient (Wildman–Crippen LogP) is 3.63. The minimum atomic E-state index is -3.55. The first-order chi connectivity index (χ1) is 16.7. The number of aryl methyl sites for hydroxylation is 1. The second-order valence-corrected chi connectivity index (χ2v) is 11.2. The van der Waals surface area contributed by atoms with E-state index in [1.807, 2.05) is 11.5 Å². The highest BCUT2D eigenvalue weighted by molar-refractivity contribution is 7.89. The SMILES string of the molecule is CCn1cnc2c(Nc3ccc(S(=O)(=O)NCCC(C)C)cc3)nc(NC3CCC(O)CC3)nc21. The largest absolute Gasteiger partial charge is 0.393 e. The monoisotopic (exact) mass is 501 g/mol. The van der Waals surface area contributed by atoms with Gasteiger partial charge in [0.15, 0.2) is 17.0 Å². The van der Waals surface area contributed by atoms with Crippen LogP contribution in [0.4, 0.5) is 17.5 Å². The third-order valence-electron chi connectivity index (χ3n) is 6.28. The Kier molecular flexibility index (Phi) is 7.88. The number of hydrogen-bond donors (Lipinski definition) is 4. The van der Waals surface area contributed by atoms with Crippen LogP contribution >= 0.6 is 0 Å². The van der Waals surface area contributed by atoms with Crippen LogP contribution in [0.2, 0.25) is 0 Å². The number of imidazole rings is 1. The molecular weight excluding hydrogens is 466 g/mol. The molecule has 0 aliphatic heterocycles. The van der Waals surface area contributed by atoms with Crippen molar-refractivity contribution in [3.63, 3.8) is 0 Å². The van der Waals surface area contributed by atoms with Crippen molar-refractivity contribution in [3.8, 4) is 0 Å². The number of aliphatic hydroxyl groups excluding tert-OH is 1. The zero-order chi connectivity index (χ0) is 25.0. The lowest BCUT2D eigenvalue weighted by atomic mass is 9.93. The molecule has 0 unspecified atom stereocenters. The number of nitrogens with one attached hydrogen (secondary N) is 3. The Morgan fingerprint density at radius 1 is 1.11 bits per heavy atom. The molecule has 4 rings (SSSR count). The van der Waals surface area contributed by atoms with Crippen molar-refractivity contribution < 1.29 is 13.5 Å². The van der Waals surface area contributed by atoms with E-state index in [2.05, 4.69) is 39.2 Å². The Balaban J connectivity index is 1.54. The number of anilines is 3. The van der Waals surface area contributed by atoms with E-state index in [-0.39, 0.29) is 17.0 Å². The Morgan fingerprint density at radius 2 is 1.83 bits per heavy atom. The van der Waals surface area contributed by atoms with Crippen molar-refractivity contribution in [2.45, 2.75) is 76.5 Å². The summed E-state index contributed by atoms with van der Waals surface area (Å²) in [6.45, 7) is 7.28. The smallest absolute Gasteiger partial charge is 0.240 e. The second-order valence-electron chi connectivity index (χ2n) is 9.48. The van der Waals surface area contributed by atoms with Crippen LogP contribution in [0.3, 0.4) is 0 Å². The molecule has 4 N–H and O–H groups in total. The maximum absolute atomic E-state index is 12.6. The zero-order valence-electron chi connectivity index (χ0n) is 20.5. The molecule has 0 spiro atoms. The summed E-state index contributed by atoms with van der Waals surface area (Å²) in [5.41, 5.74) is 2.06. The van der Waals surface area contributed by atoms with Gasteiger partial charge in [0.2, 0.25) is 16.0 Å². The number of hydrogen-bond acceptors (Lipinski definition) is 8. The molecule has 2 aromatic heterocycles. The standard InChI is InChI=1S/C24H35N7O3S/c1-4-31-15-25-21-22(29-24(30-23(21)31)28-18-5-9-19(32)10-6-18)27-17-7-11-20(12-8-17)35(33,34)26-14-13-16(2)3/h7-8,11-12,15-16,18-19,26,32H,4-6,9-10,13-14H2,1-3H3,(H2,27,28,29,30). The van der Waals surface area contributed by atoms with E-state index < -0.39 is 10.0 Å². The molecule has 0 saturated heterocycles. The van der Waals surface area contributed by atoms with Gasteiger partial charge in [0.05, 0.1) is 17.3 Å². The normalized spacial score (nSPS) is 18.8. The molecule has 190 valence electrons. The molecule has 1 saturated carbocycles. The lowest BCUT2D eigenvalue weighted by Crippen LogP contribution is -2.29. The summed E-state index contributed by atoms with van der Waals surface area (Å²) in [6.07, 6.45) is 5.54. The van der Waals surface area contributed by atoms with Crippen molar-refractivity contribution in [3.05, 3.63) is 30.6 Å². The average Bonchev–Trinajstić information content (AvgIpc) is 3.24. The molecule has 10 nitrogen and oxygen atoms in total. The van der Waals surface area contributed by atoms with Gasteiger partial charge in [-0.1, -0.05) is 13.8 Å². The van der Waals surface area contributed by atoms with Gasteiger partial charge in [-0.3, -0.25) is 0 Å². The van der Waals surface area contributed by atoms with Crippen LogP contribution < -0.4 is 15.4 Å². The van der Waals surface area contributed by atoms with Crippen LogP contribution in [0.15, 0.2) is 35.5 Å². The predicted molar refractivity (Wildman–Crippen MR) is 137 cm³/mol. The number of fused-ring (bicyclic) bond motifs is 1. The molecule has 1 aromatic carbocycles. The number of rotatable bonds is 10. The Morgan fingerprint density at radius 3 is 2.49 bits per heavy atom. The van der Waals surface area contributed by atoms with Crippen molar-refractivity contribution in [1.29, 1.82) is 0 Å². The van der Waals surface area contributed by atoms with Gasteiger partial charge in [0.1, 0.15) is 0 Å². The molecule has 2 heterocycles. The van der Waals surface area contributed by atoms with Crippen molar-refractivity contribution >= 4 is 38.6 Å². The minimum Gasteiger partial charge on any atom is -0.393 e. The first-order valence-electron chi connectivity index (χ1n) is 12.3. The molecule has 0 atom stereocenters. The number of benzene rings is 1. The summed E-state index contributed by atoms with van der Waals surface area (Å²) in [4.78, 5) is 14.1. The minimum absolute atomic E-state index is 0.203. The molecule has 0 bridgehead atoms. The van der Waals surface area contributed by atoms with Gasteiger partial charge in [-0.25, -0.2) is 18.1 Å². The molecule has 0 amide bonds. The fraction of sp³-hybridized carbons (Fsp3) is 0.542. The third kappa shape index (κ3) is 6.28. The van der Waals surface area contributed by atoms with Gasteiger partial charge in [-0.05, 0) is 69.2 Å². The van der Waals surface area contributed by atoms with E-state index in [0.717, 1.165) is 44.3 Å². The molecule has 1 fully saturated rings. The maximum atomic E-state index is 12.6. The number of aliphatic hydroxyl groups is 1. The molecule has 11 heteroatoms. The second kappa shape index (κ2) is 10.9. The van der Waals surface area contributed by atoms with Gasteiger partial charge in [-0.15, -0.1) is 0 Å². The van der Waals surface area contributed by atoms with Crippen molar-refractivity contribution in [1.82, 2.24) is 24.2 Å². The van der Waals surface area contributed by atoms with Crippen LogP contribution in [0.5, 0.6) is 0 Å². The molecular formula is C24H35N7O3S. The van der Waals surface area contributed by atoms with Crippen LogP contribution in [-0.4, -0.2) is 51.7 Å². The zero-order valence-corrected chi connectivity index (χ0v) is 21.3. The summed E-state index contributed by atoms with van der Waals surface area (Å²) in [6, 6.07) is 6.80. The first kappa shape index (κ1) is 25.3. The molecule has 35 heavy (non-hydrogen) atoms. The lowest BCUT2D eigenvalue weighted by Gasteiger charge is -2.26. The van der Waals surface area contributed by atoms with Crippen LogP contribution in [-0.2, 0) is 16.6 Å². The molecule has 0 radical (unpaired) electrons. The third-order valence-corrected chi connectivity index (χ3v) is 7.75. The lowest BCUT2D eigenvalue weighted by molar-refractivity contribution is 0.126. The maximum Gasteiger partial charge on any atom is 0.240 e. The van der Waals surface area contributed by atoms with Crippen LogP contribution in [0.1, 0.15) is 52.9 Å². The summed E-state index contributed by atoms with van der Waals surface area (Å²) < 4.78 is 29.7. The van der Waals surface area contributed by atoms with E-state index in [1.54, 1.807) is 30.6 Å². The molecule has 1 aliphatic carbocycles. The van der Waals surface area contributed by atoms with Crippen molar-refractivity contribution in [2.24, 2.45) is 5.92 Å². The van der Waals surface area contributed by atoms with Gasteiger partial charge < -0.3 is 20.3 Å². The van der Waals surface area contributed by atoms with E-state index in [0.29, 0.717) is 35.4 Å². The highest BCUT2D eigenvalue weighted by atomic mass is 32.2. The molecule has 3 aromatic rings. The van der Waals surface area contributed by atoms with E-state index in [1.165, 1.54) is 0 Å². The Bertz CT molecular complexity index is 1230. The van der Waals surface area contributed by atoms with Gasteiger partial charge in [-0.2, -0.15) is 9.97 Å². The summed E-state index contributed by atoms with van der Waals surface area (Å²) in [5.74, 6) is 1.48. The Labute approximate surface area is 206 Å². The summed E-state index contributed by atoms with van der Waals surface area (Å²) >= 11 is 0. The summed E-state index contributed by atoms with van der Waals surface area (Å²) in [5, 5.41) is 16.5. The van der Waals surface area contributed by atoms with E-state index >= 15 is 0 Å². The number of aromatic nitrogens is 4. The first-order valence-corrected chi connectivity index (χ1v) is 13.8. The topological polar surface area (TPSA) is 134 Å². The highest BCUT2D eigenvalue weighted by Gasteiger charge is 2.21. The number of nitrogens with zero attached hydrogens (tertiary/aromatic N) is 4. The Hall–Kier alpha value is -2.76. The molecule has 1 aliphatic rings. The highest BCUT2D eigenvalue weighted by Crippen LogP contribution is 2.27. The fourth-order valence-electron chi connectivity index (χ4n) is 4.15. The van der Waals surface area contributed by atoms with Gasteiger partial charge >= 0.3 is 0 Å².